The van der Waals surface area contributed by atoms with Crippen LogP contribution < -0.4 is 5.32 Å². The molecule has 0 aliphatic rings. The van der Waals surface area contributed by atoms with Gasteiger partial charge in [-0.2, -0.15) is 0 Å². The second-order valence-corrected chi connectivity index (χ2v) is 4.59. The number of benzene rings is 1. The number of carbonyl (C=O) groups excluding carboxylic acids is 1. The van der Waals surface area contributed by atoms with E-state index < -0.39 is 0 Å². The Balaban J connectivity index is 1.73. The molecule has 2 rings (SSSR count). The molecule has 0 aliphatic carbocycles. The van der Waals surface area contributed by atoms with E-state index in [1.165, 1.54) is 12.1 Å². The van der Waals surface area contributed by atoms with Gasteiger partial charge in [0.1, 0.15) is 5.82 Å². The predicted molar refractivity (Wildman–Crippen MR) is 72.3 cm³/mol. The van der Waals surface area contributed by atoms with Crippen LogP contribution in [-0.2, 0) is 17.6 Å². The molecule has 100 valence electrons. The number of aromatic nitrogens is 1. The van der Waals surface area contributed by atoms with E-state index in [0.717, 1.165) is 16.8 Å². The van der Waals surface area contributed by atoms with Crippen molar-refractivity contribution in [2.75, 3.05) is 6.54 Å². The number of rotatable bonds is 5. The van der Waals surface area contributed by atoms with Gasteiger partial charge >= 0.3 is 0 Å². The smallest absolute Gasteiger partial charge is 0.224 e. The molecule has 1 amide bonds. The van der Waals surface area contributed by atoms with Crippen LogP contribution >= 0.6 is 0 Å². The van der Waals surface area contributed by atoms with Gasteiger partial charge in [-0.3, -0.25) is 4.79 Å². The van der Waals surface area contributed by atoms with Crippen LogP contribution in [0.3, 0.4) is 0 Å². The molecule has 1 heterocycles. The Morgan fingerprint density at radius 3 is 2.63 bits per heavy atom. The van der Waals surface area contributed by atoms with Crippen LogP contribution in [0.15, 0.2) is 36.5 Å². The summed E-state index contributed by atoms with van der Waals surface area (Å²) in [6, 6.07) is 8.28. The van der Waals surface area contributed by atoms with Crippen LogP contribution in [0.25, 0.3) is 0 Å². The Hall–Kier alpha value is -2.10. The third kappa shape index (κ3) is 4.25. The summed E-state index contributed by atoms with van der Waals surface area (Å²) >= 11 is 0. The molecule has 0 spiro atoms. The van der Waals surface area contributed by atoms with Gasteiger partial charge in [0.25, 0.3) is 0 Å². The zero-order chi connectivity index (χ0) is 13.7. The molecule has 3 nitrogen and oxygen atoms in total. The van der Waals surface area contributed by atoms with E-state index in [1.807, 2.05) is 19.2 Å². The van der Waals surface area contributed by atoms with Crippen LogP contribution in [0.5, 0.6) is 0 Å². The summed E-state index contributed by atoms with van der Waals surface area (Å²) in [5, 5.41) is 2.86. The lowest BCUT2D eigenvalue weighted by Gasteiger charge is -2.04. The fourth-order valence-corrected chi connectivity index (χ4v) is 1.92. The molecule has 0 saturated carbocycles. The fourth-order valence-electron chi connectivity index (χ4n) is 1.92. The first kappa shape index (κ1) is 13.3. The molecule has 2 N–H and O–H groups in total. The Bertz CT molecular complexity index is 546. The second-order valence-electron chi connectivity index (χ2n) is 4.59. The number of hydrogen-bond donors (Lipinski definition) is 2. The highest BCUT2D eigenvalue weighted by Gasteiger charge is 2.04. The minimum absolute atomic E-state index is 0.00103. The van der Waals surface area contributed by atoms with Crippen molar-refractivity contribution in [3.63, 3.8) is 0 Å². The SMILES string of the molecule is Cc1cc(CC(=O)NCCc2ccc(F)cc2)c[nH]1. The lowest BCUT2D eigenvalue weighted by molar-refractivity contribution is -0.120. The van der Waals surface area contributed by atoms with E-state index in [0.29, 0.717) is 19.4 Å². The van der Waals surface area contributed by atoms with Crippen molar-refractivity contribution in [2.24, 2.45) is 0 Å². The molecule has 4 heteroatoms. The molecular weight excluding hydrogens is 243 g/mol. The quantitative estimate of drug-likeness (QED) is 0.851. The summed E-state index contributed by atoms with van der Waals surface area (Å²) in [6.07, 6.45) is 2.93. The fraction of sp³-hybridized carbons (Fsp3) is 0.267. The summed E-state index contributed by atoms with van der Waals surface area (Å²) in [4.78, 5) is 14.7. The van der Waals surface area contributed by atoms with Crippen molar-refractivity contribution in [3.05, 3.63) is 59.2 Å². The standard InChI is InChI=1S/C15H17FN2O/c1-11-8-13(10-18-11)9-15(19)17-7-6-12-2-4-14(16)5-3-12/h2-5,8,10,18H,6-7,9H2,1H3,(H,17,19). The highest BCUT2D eigenvalue weighted by atomic mass is 19.1. The monoisotopic (exact) mass is 260 g/mol. The van der Waals surface area contributed by atoms with Gasteiger partial charge in [-0.25, -0.2) is 4.39 Å². The molecule has 0 bridgehead atoms. The molecule has 1 aromatic carbocycles. The summed E-state index contributed by atoms with van der Waals surface area (Å²) < 4.78 is 12.7. The molecule has 0 radical (unpaired) electrons. The normalized spacial score (nSPS) is 10.4. The van der Waals surface area contributed by atoms with Crippen LogP contribution in [0.1, 0.15) is 16.8 Å². The van der Waals surface area contributed by atoms with Crippen LogP contribution in [0, 0.1) is 12.7 Å². The number of H-pyrrole nitrogens is 1. The zero-order valence-electron chi connectivity index (χ0n) is 10.9. The van der Waals surface area contributed by atoms with Crippen molar-refractivity contribution >= 4 is 5.91 Å². The average molecular weight is 260 g/mol. The number of halogens is 1. The van der Waals surface area contributed by atoms with Gasteiger partial charge in [0.2, 0.25) is 5.91 Å². The van der Waals surface area contributed by atoms with E-state index in [4.69, 9.17) is 0 Å². The maximum atomic E-state index is 12.7. The van der Waals surface area contributed by atoms with Gasteiger partial charge in [0.15, 0.2) is 0 Å². The predicted octanol–water partition coefficient (Wildman–Crippen LogP) is 2.36. The number of aryl methyl sites for hydroxylation is 1. The minimum Gasteiger partial charge on any atom is -0.365 e. The molecule has 1 aromatic heterocycles. The summed E-state index contributed by atoms with van der Waals surface area (Å²) in [7, 11) is 0. The molecule has 0 saturated heterocycles. The van der Waals surface area contributed by atoms with Gasteiger partial charge in [-0.1, -0.05) is 12.1 Å². The lowest BCUT2D eigenvalue weighted by atomic mass is 10.1. The highest BCUT2D eigenvalue weighted by molar-refractivity contribution is 5.78. The average Bonchev–Trinajstić information content (AvgIpc) is 2.77. The molecule has 19 heavy (non-hydrogen) atoms. The molecule has 0 fully saturated rings. The maximum absolute atomic E-state index is 12.7. The topological polar surface area (TPSA) is 44.9 Å². The maximum Gasteiger partial charge on any atom is 0.224 e. The van der Waals surface area contributed by atoms with Gasteiger partial charge in [-0.15, -0.1) is 0 Å². The van der Waals surface area contributed by atoms with Crippen molar-refractivity contribution in [1.29, 1.82) is 0 Å². The highest BCUT2D eigenvalue weighted by Crippen LogP contribution is 2.04. The van der Waals surface area contributed by atoms with Gasteiger partial charge in [0, 0.05) is 18.4 Å². The van der Waals surface area contributed by atoms with Crippen LogP contribution in [-0.4, -0.2) is 17.4 Å². The number of amides is 1. The van der Waals surface area contributed by atoms with Gasteiger partial charge in [0.05, 0.1) is 6.42 Å². The first-order chi connectivity index (χ1) is 9.13. The van der Waals surface area contributed by atoms with E-state index in [9.17, 15) is 9.18 Å². The Kier molecular flexibility index (Phi) is 4.34. The number of carbonyl (C=O) groups is 1. The second kappa shape index (κ2) is 6.18. The first-order valence-corrected chi connectivity index (χ1v) is 6.28. The Labute approximate surface area is 111 Å². The Morgan fingerprint density at radius 2 is 2.00 bits per heavy atom. The van der Waals surface area contributed by atoms with Gasteiger partial charge < -0.3 is 10.3 Å². The van der Waals surface area contributed by atoms with Crippen molar-refractivity contribution in [3.8, 4) is 0 Å². The first-order valence-electron chi connectivity index (χ1n) is 6.28. The molecule has 0 atom stereocenters. The largest absolute Gasteiger partial charge is 0.365 e. The number of aromatic amines is 1. The zero-order valence-corrected chi connectivity index (χ0v) is 10.9. The van der Waals surface area contributed by atoms with E-state index >= 15 is 0 Å². The third-order valence-corrected chi connectivity index (χ3v) is 2.90. The lowest BCUT2D eigenvalue weighted by Crippen LogP contribution is -2.27. The summed E-state index contributed by atoms with van der Waals surface area (Å²) in [6.45, 7) is 2.52. The summed E-state index contributed by atoms with van der Waals surface area (Å²) in [5.74, 6) is -0.239. The van der Waals surface area contributed by atoms with Crippen LogP contribution in [0.4, 0.5) is 4.39 Å². The summed E-state index contributed by atoms with van der Waals surface area (Å²) in [5.41, 5.74) is 3.05. The van der Waals surface area contributed by atoms with Crippen LogP contribution in [0.2, 0.25) is 0 Å². The number of hydrogen-bond acceptors (Lipinski definition) is 1. The van der Waals surface area contributed by atoms with Crippen molar-refractivity contribution in [1.82, 2.24) is 10.3 Å². The van der Waals surface area contributed by atoms with Crippen molar-refractivity contribution < 1.29 is 9.18 Å². The Morgan fingerprint density at radius 1 is 1.26 bits per heavy atom. The van der Waals surface area contributed by atoms with E-state index in [2.05, 4.69) is 10.3 Å². The van der Waals surface area contributed by atoms with E-state index in [-0.39, 0.29) is 11.7 Å². The number of nitrogens with one attached hydrogen (secondary N) is 2. The van der Waals surface area contributed by atoms with E-state index in [1.54, 1.807) is 12.1 Å². The molecule has 0 aliphatic heterocycles. The molecule has 2 aromatic rings. The minimum atomic E-state index is -0.240. The molecule has 0 unspecified atom stereocenters. The van der Waals surface area contributed by atoms with Gasteiger partial charge in [-0.05, 0) is 42.7 Å². The van der Waals surface area contributed by atoms with Crippen molar-refractivity contribution in [2.45, 2.75) is 19.8 Å². The molecular formula is C15H17FN2O. The third-order valence-electron chi connectivity index (χ3n) is 2.90.